The zero-order valence-corrected chi connectivity index (χ0v) is 16.3. The molecule has 0 radical (unpaired) electrons. The van der Waals surface area contributed by atoms with Gasteiger partial charge in [-0.15, -0.1) is 0 Å². The van der Waals surface area contributed by atoms with Crippen LogP contribution in [0.1, 0.15) is 33.8 Å². The van der Waals surface area contributed by atoms with Gasteiger partial charge in [-0.2, -0.15) is 0 Å². The van der Waals surface area contributed by atoms with Crippen LogP contribution < -0.4 is 4.74 Å². The summed E-state index contributed by atoms with van der Waals surface area (Å²) in [5.41, 5.74) is 1.77. The summed E-state index contributed by atoms with van der Waals surface area (Å²) in [7, 11) is 0. The number of hydrogen-bond acceptors (Lipinski definition) is 5. The second-order valence-corrected chi connectivity index (χ2v) is 7.58. The Kier molecular flexibility index (Phi) is 4.84. The zero-order valence-electron chi connectivity index (χ0n) is 15.6. The second kappa shape index (κ2) is 7.33. The minimum atomic E-state index is -0.594. The third-order valence-corrected chi connectivity index (χ3v) is 5.57. The van der Waals surface area contributed by atoms with E-state index < -0.39 is 23.0 Å². The highest BCUT2D eigenvalue weighted by Gasteiger charge is 2.46. The number of rotatable bonds is 5. The van der Waals surface area contributed by atoms with E-state index in [9.17, 15) is 20.1 Å². The molecule has 6 heteroatoms. The van der Waals surface area contributed by atoms with Gasteiger partial charge in [0.25, 0.3) is 0 Å². The summed E-state index contributed by atoms with van der Waals surface area (Å²) in [6.07, 6.45) is 0.607. The first kappa shape index (κ1) is 19.2. The summed E-state index contributed by atoms with van der Waals surface area (Å²) in [6, 6.07) is 16.2. The van der Waals surface area contributed by atoms with Gasteiger partial charge < -0.3 is 20.1 Å². The molecule has 1 aliphatic rings. The van der Waals surface area contributed by atoms with Crippen LogP contribution in [0.3, 0.4) is 0 Å². The summed E-state index contributed by atoms with van der Waals surface area (Å²) in [5, 5.41) is 29.3. The molecular weight excluding hydrogens is 392 g/mol. The Labute approximate surface area is 172 Å². The van der Waals surface area contributed by atoms with E-state index in [4.69, 9.17) is 16.3 Å². The average Bonchev–Trinajstić information content (AvgIpc) is 3.47. The lowest BCUT2D eigenvalue weighted by Gasteiger charge is -2.11. The number of ether oxygens (including phenoxy) is 1. The van der Waals surface area contributed by atoms with Crippen molar-refractivity contribution in [1.29, 1.82) is 0 Å². The number of aryl methyl sites for hydroxylation is 1. The van der Waals surface area contributed by atoms with E-state index in [2.05, 4.69) is 0 Å². The lowest BCUT2D eigenvalue weighted by atomic mass is 9.98. The Morgan fingerprint density at radius 1 is 1.00 bits per heavy atom. The maximum absolute atomic E-state index is 12.8. The van der Waals surface area contributed by atoms with Crippen LogP contribution in [0.15, 0.2) is 54.6 Å². The number of carbonyl (C=O) groups is 1. The summed E-state index contributed by atoms with van der Waals surface area (Å²) < 4.78 is 5.84. The van der Waals surface area contributed by atoms with E-state index >= 15 is 0 Å². The molecule has 0 heterocycles. The molecule has 3 N–H and O–H groups in total. The maximum atomic E-state index is 12.8. The van der Waals surface area contributed by atoms with Crippen LogP contribution in [0.2, 0.25) is 5.02 Å². The number of ketones is 1. The van der Waals surface area contributed by atoms with Crippen molar-refractivity contribution >= 4 is 17.4 Å². The van der Waals surface area contributed by atoms with Crippen molar-refractivity contribution in [2.75, 3.05) is 0 Å². The first-order chi connectivity index (χ1) is 13.9. The fourth-order valence-corrected chi connectivity index (χ4v) is 3.78. The van der Waals surface area contributed by atoms with Crippen molar-refractivity contribution in [3.63, 3.8) is 0 Å². The van der Waals surface area contributed by atoms with E-state index in [1.54, 1.807) is 0 Å². The van der Waals surface area contributed by atoms with Gasteiger partial charge in [0.15, 0.2) is 11.5 Å². The number of carbonyl (C=O) groups excluding carboxylic acids is 1. The van der Waals surface area contributed by atoms with Gasteiger partial charge in [-0.25, -0.2) is 0 Å². The molecule has 4 rings (SSSR count). The van der Waals surface area contributed by atoms with E-state index in [1.165, 1.54) is 0 Å². The van der Waals surface area contributed by atoms with Crippen molar-refractivity contribution in [2.24, 2.45) is 5.92 Å². The van der Waals surface area contributed by atoms with Gasteiger partial charge in [-0.05, 0) is 54.7 Å². The number of Topliss-reactive ketones (excluding diaryl/α,β-unsaturated/α-hetero) is 1. The highest BCUT2D eigenvalue weighted by molar-refractivity contribution is 6.34. The molecule has 0 aliphatic heterocycles. The number of halogens is 1. The maximum Gasteiger partial charge on any atom is 0.174 e. The highest BCUT2D eigenvalue weighted by atomic mass is 35.5. The predicted octanol–water partition coefficient (Wildman–Crippen LogP) is 5.54. The Bertz CT molecular complexity index is 1090. The van der Waals surface area contributed by atoms with Gasteiger partial charge in [0, 0.05) is 12.0 Å². The van der Waals surface area contributed by atoms with Gasteiger partial charge in [-0.1, -0.05) is 35.9 Å². The molecule has 29 heavy (non-hydrogen) atoms. The van der Waals surface area contributed by atoms with E-state index in [0.717, 1.165) is 22.9 Å². The molecule has 3 aromatic carbocycles. The predicted molar refractivity (Wildman–Crippen MR) is 109 cm³/mol. The van der Waals surface area contributed by atoms with Crippen LogP contribution in [-0.4, -0.2) is 21.1 Å². The van der Waals surface area contributed by atoms with Crippen LogP contribution in [0.5, 0.6) is 28.7 Å². The lowest BCUT2D eigenvalue weighted by molar-refractivity contribution is 0.0959. The monoisotopic (exact) mass is 410 g/mol. The zero-order chi connectivity index (χ0) is 20.7. The van der Waals surface area contributed by atoms with E-state index in [-0.39, 0.29) is 22.4 Å². The summed E-state index contributed by atoms with van der Waals surface area (Å²) in [6.45, 7) is 1.96. The van der Waals surface area contributed by atoms with Gasteiger partial charge >= 0.3 is 0 Å². The Morgan fingerprint density at radius 2 is 1.72 bits per heavy atom. The molecule has 2 unspecified atom stereocenters. The smallest absolute Gasteiger partial charge is 0.174 e. The number of aromatic hydroxyl groups is 3. The normalized spacial score (nSPS) is 17.7. The summed E-state index contributed by atoms with van der Waals surface area (Å²) in [4.78, 5) is 12.8. The fourth-order valence-electron chi connectivity index (χ4n) is 3.63. The lowest BCUT2D eigenvalue weighted by Crippen LogP contribution is -2.05. The van der Waals surface area contributed by atoms with Crippen LogP contribution in [0, 0.1) is 12.8 Å². The third kappa shape index (κ3) is 3.61. The summed E-state index contributed by atoms with van der Waals surface area (Å²) in [5.74, 6) is -0.875. The van der Waals surface area contributed by atoms with Gasteiger partial charge in [0.1, 0.15) is 33.6 Å². The van der Waals surface area contributed by atoms with Gasteiger partial charge in [0.2, 0.25) is 0 Å². The molecule has 0 bridgehead atoms. The molecule has 1 saturated carbocycles. The van der Waals surface area contributed by atoms with Crippen molar-refractivity contribution in [2.45, 2.75) is 19.3 Å². The van der Waals surface area contributed by atoms with Crippen molar-refractivity contribution in [1.82, 2.24) is 0 Å². The molecule has 148 valence electrons. The molecule has 3 aromatic rings. The first-order valence-electron chi connectivity index (χ1n) is 9.18. The van der Waals surface area contributed by atoms with Crippen LogP contribution >= 0.6 is 11.6 Å². The SMILES string of the molecule is Cc1cc(Oc2ccccc2)ccc1C1CC1C(=O)c1c(O)cc(O)c(Cl)c1O. The largest absolute Gasteiger partial charge is 0.507 e. The minimum absolute atomic E-state index is 0.0142. The Morgan fingerprint density at radius 3 is 2.41 bits per heavy atom. The molecule has 2 atom stereocenters. The number of benzene rings is 3. The number of phenols is 3. The van der Waals surface area contributed by atoms with E-state index in [1.807, 2.05) is 55.5 Å². The number of para-hydroxylation sites is 1. The molecular formula is C23H19ClO5. The number of hydrogen-bond donors (Lipinski definition) is 3. The van der Waals surface area contributed by atoms with Gasteiger partial charge in [0.05, 0.1) is 0 Å². The van der Waals surface area contributed by atoms with E-state index in [0.29, 0.717) is 12.2 Å². The fraction of sp³-hybridized carbons (Fsp3) is 0.174. The molecule has 5 nitrogen and oxygen atoms in total. The quantitative estimate of drug-likeness (QED) is 0.480. The molecule has 0 saturated heterocycles. The van der Waals surface area contributed by atoms with Crippen LogP contribution in [0.25, 0.3) is 0 Å². The van der Waals surface area contributed by atoms with Crippen LogP contribution in [-0.2, 0) is 0 Å². The second-order valence-electron chi connectivity index (χ2n) is 7.20. The molecule has 1 aliphatic carbocycles. The molecule has 0 spiro atoms. The number of phenolic OH excluding ortho intramolecular Hbond substituents is 3. The summed E-state index contributed by atoms with van der Waals surface area (Å²) >= 11 is 5.81. The molecule has 1 fully saturated rings. The Balaban J connectivity index is 1.53. The first-order valence-corrected chi connectivity index (χ1v) is 9.55. The van der Waals surface area contributed by atoms with Gasteiger partial charge in [-0.3, -0.25) is 4.79 Å². The molecule has 0 amide bonds. The van der Waals surface area contributed by atoms with Crippen molar-refractivity contribution < 1.29 is 24.9 Å². The highest BCUT2D eigenvalue weighted by Crippen LogP contribution is 2.53. The molecule has 0 aromatic heterocycles. The minimum Gasteiger partial charge on any atom is -0.507 e. The van der Waals surface area contributed by atoms with Crippen LogP contribution in [0.4, 0.5) is 0 Å². The standard InChI is InChI=1S/C23H19ClO5/c1-12-9-14(29-13-5-3-2-4-6-13)7-8-15(12)16-10-17(16)22(27)20-18(25)11-19(26)21(24)23(20)28/h2-9,11,16-17,25-26,28H,10H2,1H3. The third-order valence-electron chi connectivity index (χ3n) is 5.19. The average molecular weight is 411 g/mol. The van der Waals surface area contributed by atoms with Crippen molar-refractivity contribution in [3.05, 3.63) is 76.3 Å². The Hall–Kier alpha value is -3.18. The topological polar surface area (TPSA) is 87.0 Å². The van der Waals surface area contributed by atoms with Crippen molar-refractivity contribution in [3.8, 4) is 28.7 Å².